The Morgan fingerprint density at radius 1 is 1.38 bits per heavy atom. The van der Waals surface area contributed by atoms with Gasteiger partial charge in [0.25, 0.3) is 0 Å². The number of unbranched alkanes of at least 4 members (excludes halogenated alkanes) is 1. The maximum Gasteiger partial charge on any atom is 0.244 e. The molecule has 3 nitrogen and oxygen atoms in total. The van der Waals surface area contributed by atoms with E-state index >= 15 is 0 Å². The molecule has 1 heterocycles. The molecular weight excluding hydrogens is 162 g/mol. The standard InChI is InChI=1S/C10H20N3/c1-5-6-7-12-8-10(11-9-12)13(2,3)4/h8-9H,5-7H2,1-4H3/q+1. The van der Waals surface area contributed by atoms with Crippen molar-refractivity contribution >= 4 is 5.82 Å². The third kappa shape index (κ3) is 2.84. The summed E-state index contributed by atoms with van der Waals surface area (Å²) in [7, 11) is 6.39. The van der Waals surface area contributed by atoms with E-state index in [0.717, 1.165) is 16.8 Å². The van der Waals surface area contributed by atoms with E-state index in [0.29, 0.717) is 0 Å². The second kappa shape index (κ2) is 3.92. The molecule has 0 amide bonds. The van der Waals surface area contributed by atoms with Gasteiger partial charge >= 0.3 is 0 Å². The van der Waals surface area contributed by atoms with Gasteiger partial charge in [0.05, 0.1) is 27.3 Å². The van der Waals surface area contributed by atoms with Crippen LogP contribution in [0.15, 0.2) is 12.5 Å². The first-order valence-electron chi connectivity index (χ1n) is 4.88. The first-order valence-corrected chi connectivity index (χ1v) is 4.88. The van der Waals surface area contributed by atoms with E-state index in [2.05, 4.69) is 43.8 Å². The maximum absolute atomic E-state index is 4.38. The molecule has 0 N–H and O–H groups in total. The molecule has 0 bridgehead atoms. The first kappa shape index (κ1) is 10.3. The van der Waals surface area contributed by atoms with E-state index in [1.807, 2.05) is 6.33 Å². The van der Waals surface area contributed by atoms with Gasteiger partial charge in [0.2, 0.25) is 5.82 Å². The number of hydrogen-bond acceptors (Lipinski definition) is 1. The van der Waals surface area contributed by atoms with Crippen molar-refractivity contribution in [3.63, 3.8) is 0 Å². The third-order valence-electron chi connectivity index (χ3n) is 2.08. The van der Waals surface area contributed by atoms with Crippen LogP contribution in [0.25, 0.3) is 0 Å². The Balaban J connectivity index is 2.64. The average molecular weight is 182 g/mol. The minimum Gasteiger partial charge on any atom is -0.332 e. The van der Waals surface area contributed by atoms with E-state index in [4.69, 9.17) is 0 Å². The number of rotatable bonds is 4. The van der Waals surface area contributed by atoms with Crippen molar-refractivity contribution in [1.82, 2.24) is 14.0 Å². The molecule has 0 aromatic carbocycles. The second-order valence-electron chi connectivity index (χ2n) is 4.34. The minimum absolute atomic E-state index is 0.791. The predicted octanol–water partition coefficient (Wildman–Crippen LogP) is 1.88. The van der Waals surface area contributed by atoms with Crippen LogP contribution in [-0.2, 0) is 6.54 Å². The summed E-state index contributed by atoms with van der Waals surface area (Å²) in [6, 6.07) is 0. The molecule has 0 spiro atoms. The SMILES string of the molecule is CCCCn1cnc([N+](C)(C)C)c1. The van der Waals surface area contributed by atoms with Gasteiger partial charge in [-0.3, -0.25) is 4.48 Å². The topological polar surface area (TPSA) is 17.8 Å². The summed E-state index contributed by atoms with van der Waals surface area (Å²) in [5.74, 6) is 1.12. The molecule has 0 radical (unpaired) electrons. The second-order valence-corrected chi connectivity index (χ2v) is 4.34. The molecule has 0 saturated carbocycles. The predicted molar refractivity (Wildman–Crippen MR) is 56.7 cm³/mol. The lowest BCUT2D eigenvalue weighted by atomic mass is 10.3. The van der Waals surface area contributed by atoms with Crippen LogP contribution in [-0.4, -0.2) is 30.7 Å². The van der Waals surface area contributed by atoms with Crippen LogP contribution in [0.5, 0.6) is 0 Å². The van der Waals surface area contributed by atoms with Crippen LogP contribution in [0, 0.1) is 0 Å². The monoisotopic (exact) mass is 182 g/mol. The largest absolute Gasteiger partial charge is 0.332 e. The van der Waals surface area contributed by atoms with Crippen molar-refractivity contribution in [3.8, 4) is 0 Å². The summed E-state index contributed by atoms with van der Waals surface area (Å²) in [6.45, 7) is 3.29. The maximum atomic E-state index is 4.38. The van der Waals surface area contributed by atoms with Crippen LogP contribution in [0.4, 0.5) is 5.82 Å². The van der Waals surface area contributed by atoms with Gasteiger partial charge in [-0.1, -0.05) is 13.3 Å². The van der Waals surface area contributed by atoms with Crippen LogP contribution in [0.1, 0.15) is 19.8 Å². The lowest BCUT2D eigenvalue weighted by molar-refractivity contribution is 0.474. The molecule has 0 aliphatic heterocycles. The Hall–Kier alpha value is -0.830. The smallest absolute Gasteiger partial charge is 0.244 e. The average Bonchev–Trinajstić information content (AvgIpc) is 2.47. The number of hydrogen-bond donors (Lipinski definition) is 0. The number of quaternary nitrogens is 1. The fourth-order valence-electron chi connectivity index (χ4n) is 1.16. The Morgan fingerprint density at radius 2 is 2.08 bits per heavy atom. The van der Waals surface area contributed by atoms with Crippen LogP contribution in [0.3, 0.4) is 0 Å². The fraction of sp³-hybridized carbons (Fsp3) is 0.700. The summed E-state index contributed by atoms with van der Waals surface area (Å²) in [6.07, 6.45) is 6.52. The van der Waals surface area contributed by atoms with E-state index in [-0.39, 0.29) is 0 Å². The van der Waals surface area contributed by atoms with Crippen LogP contribution in [0.2, 0.25) is 0 Å². The molecule has 13 heavy (non-hydrogen) atoms. The Bertz CT molecular complexity index is 257. The van der Waals surface area contributed by atoms with Gasteiger partial charge < -0.3 is 4.57 Å². The highest BCUT2D eigenvalue weighted by Gasteiger charge is 2.14. The van der Waals surface area contributed by atoms with Gasteiger partial charge in [-0.05, 0) is 6.42 Å². The molecule has 0 aliphatic rings. The third-order valence-corrected chi connectivity index (χ3v) is 2.08. The molecule has 74 valence electrons. The zero-order valence-corrected chi connectivity index (χ0v) is 9.12. The number of aryl methyl sites for hydroxylation is 1. The molecule has 3 heteroatoms. The van der Waals surface area contributed by atoms with Crippen molar-refractivity contribution < 1.29 is 0 Å². The van der Waals surface area contributed by atoms with Crippen molar-refractivity contribution in [2.45, 2.75) is 26.3 Å². The highest BCUT2D eigenvalue weighted by Crippen LogP contribution is 2.12. The van der Waals surface area contributed by atoms with Gasteiger partial charge in [0, 0.05) is 6.54 Å². The van der Waals surface area contributed by atoms with Crippen molar-refractivity contribution in [2.24, 2.45) is 0 Å². The van der Waals surface area contributed by atoms with Gasteiger partial charge in [0.15, 0.2) is 0 Å². The van der Waals surface area contributed by atoms with E-state index < -0.39 is 0 Å². The highest BCUT2D eigenvalue weighted by atomic mass is 15.3. The van der Waals surface area contributed by atoms with E-state index in [1.54, 1.807) is 0 Å². The van der Waals surface area contributed by atoms with Crippen LogP contribution >= 0.6 is 0 Å². The zero-order chi connectivity index (χ0) is 9.90. The normalized spacial score (nSPS) is 12.0. The Morgan fingerprint density at radius 3 is 2.54 bits per heavy atom. The van der Waals surface area contributed by atoms with Gasteiger partial charge in [-0.25, -0.2) is 0 Å². The minimum atomic E-state index is 0.791. The molecule has 1 aromatic heterocycles. The van der Waals surface area contributed by atoms with Crippen LogP contribution < -0.4 is 4.48 Å². The number of aromatic nitrogens is 2. The first-order chi connectivity index (χ1) is 6.04. The zero-order valence-electron chi connectivity index (χ0n) is 9.12. The fourth-order valence-corrected chi connectivity index (χ4v) is 1.16. The Labute approximate surface area is 80.6 Å². The molecule has 0 saturated heterocycles. The summed E-state index contributed by atoms with van der Waals surface area (Å²) in [4.78, 5) is 4.38. The number of nitrogens with zero attached hydrogens (tertiary/aromatic N) is 3. The molecule has 0 unspecified atom stereocenters. The van der Waals surface area contributed by atoms with E-state index in [1.165, 1.54) is 12.8 Å². The molecule has 0 atom stereocenters. The van der Waals surface area contributed by atoms with Crippen molar-refractivity contribution in [2.75, 3.05) is 21.1 Å². The van der Waals surface area contributed by atoms with Crippen molar-refractivity contribution in [3.05, 3.63) is 12.5 Å². The van der Waals surface area contributed by atoms with Crippen molar-refractivity contribution in [1.29, 1.82) is 0 Å². The van der Waals surface area contributed by atoms with Gasteiger partial charge in [0.1, 0.15) is 6.33 Å². The molecule has 1 rings (SSSR count). The lowest BCUT2D eigenvalue weighted by Gasteiger charge is -2.19. The summed E-state index contributed by atoms with van der Waals surface area (Å²) in [5.41, 5.74) is 0. The molecule has 0 fully saturated rings. The number of imidazole rings is 1. The summed E-state index contributed by atoms with van der Waals surface area (Å²) in [5, 5.41) is 0. The quantitative estimate of drug-likeness (QED) is 0.650. The molecule has 1 aromatic rings. The van der Waals surface area contributed by atoms with Gasteiger partial charge in [-0.15, -0.1) is 0 Å². The summed E-state index contributed by atoms with van der Waals surface area (Å²) >= 11 is 0. The summed E-state index contributed by atoms with van der Waals surface area (Å²) < 4.78 is 2.96. The van der Waals surface area contributed by atoms with E-state index in [9.17, 15) is 0 Å². The lowest BCUT2D eigenvalue weighted by Crippen LogP contribution is -2.35. The molecular formula is C10H20N3+. The Kier molecular flexibility index (Phi) is 3.09. The molecule has 0 aliphatic carbocycles. The highest BCUT2D eigenvalue weighted by molar-refractivity contribution is 5.28. The van der Waals surface area contributed by atoms with Gasteiger partial charge in [-0.2, -0.15) is 4.98 Å².